The number of thiazole rings is 1. The monoisotopic (exact) mass is 406 g/mol. The lowest BCUT2D eigenvalue weighted by Crippen LogP contribution is -2.43. The SMILES string of the molecule is Cc1ccc2c(c1)[C@H](N(C(=O)c1scnc1C)C(C(N)=O)c1cccnc1)CC2. The van der Waals surface area contributed by atoms with E-state index >= 15 is 0 Å². The van der Waals surface area contributed by atoms with E-state index in [1.165, 1.54) is 16.9 Å². The number of aryl methyl sites for hydroxylation is 3. The lowest BCUT2D eigenvalue weighted by atomic mass is 9.99. The number of rotatable bonds is 5. The molecule has 3 aromatic rings. The Labute approximate surface area is 173 Å². The van der Waals surface area contributed by atoms with Gasteiger partial charge in [0.25, 0.3) is 5.91 Å². The van der Waals surface area contributed by atoms with E-state index in [1.54, 1.807) is 41.9 Å². The third-order valence-corrected chi connectivity index (χ3v) is 6.32. The van der Waals surface area contributed by atoms with Crippen molar-refractivity contribution >= 4 is 23.2 Å². The van der Waals surface area contributed by atoms with E-state index in [0.717, 1.165) is 24.0 Å². The first-order valence-corrected chi connectivity index (χ1v) is 10.4. The van der Waals surface area contributed by atoms with Crippen LogP contribution in [0.15, 0.2) is 48.2 Å². The first-order chi connectivity index (χ1) is 14.0. The van der Waals surface area contributed by atoms with E-state index in [-0.39, 0.29) is 11.9 Å². The van der Waals surface area contributed by atoms with Crippen LogP contribution in [-0.2, 0) is 11.2 Å². The summed E-state index contributed by atoms with van der Waals surface area (Å²) >= 11 is 1.28. The number of fused-ring (bicyclic) bond motifs is 1. The van der Waals surface area contributed by atoms with Crippen LogP contribution >= 0.6 is 11.3 Å². The molecule has 0 spiro atoms. The number of carbonyl (C=O) groups is 2. The Morgan fingerprint density at radius 2 is 2.10 bits per heavy atom. The van der Waals surface area contributed by atoms with Gasteiger partial charge >= 0.3 is 0 Å². The molecule has 148 valence electrons. The summed E-state index contributed by atoms with van der Waals surface area (Å²) in [5.41, 5.74) is 12.2. The van der Waals surface area contributed by atoms with Crippen molar-refractivity contribution in [3.8, 4) is 0 Å². The van der Waals surface area contributed by atoms with Crippen molar-refractivity contribution in [3.05, 3.63) is 81.1 Å². The van der Waals surface area contributed by atoms with Crippen molar-refractivity contribution < 1.29 is 9.59 Å². The normalized spacial score (nSPS) is 16.3. The average Bonchev–Trinajstić information content (AvgIpc) is 3.31. The van der Waals surface area contributed by atoms with Gasteiger partial charge in [-0.2, -0.15) is 0 Å². The van der Waals surface area contributed by atoms with Crippen LogP contribution in [0, 0.1) is 13.8 Å². The predicted octanol–water partition coefficient (Wildman–Crippen LogP) is 3.51. The van der Waals surface area contributed by atoms with E-state index in [2.05, 4.69) is 28.2 Å². The Balaban J connectivity index is 1.87. The van der Waals surface area contributed by atoms with Crippen molar-refractivity contribution in [2.24, 2.45) is 5.73 Å². The topological polar surface area (TPSA) is 89.2 Å². The van der Waals surface area contributed by atoms with Gasteiger partial charge in [-0.05, 0) is 43.9 Å². The number of carbonyl (C=O) groups excluding carboxylic acids is 2. The number of hydrogen-bond donors (Lipinski definition) is 1. The predicted molar refractivity (Wildman–Crippen MR) is 111 cm³/mol. The Hall–Kier alpha value is -3.06. The van der Waals surface area contributed by atoms with E-state index in [0.29, 0.717) is 16.1 Å². The molecule has 4 rings (SSSR count). The van der Waals surface area contributed by atoms with E-state index in [1.807, 2.05) is 6.92 Å². The maximum Gasteiger partial charge on any atom is 0.267 e. The number of pyridine rings is 1. The molecule has 0 fully saturated rings. The van der Waals surface area contributed by atoms with Gasteiger partial charge in [-0.15, -0.1) is 11.3 Å². The standard InChI is InChI=1S/C22H22N4O2S/c1-13-5-6-15-7-8-18(17(15)10-13)26(22(28)20-14(2)25-12-29-20)19(21(23)27)16-4-3-9-24-11-16/h3-6,9-12,18-19H,7-8H2,1-2H3,(H2,23,27)/t18-,19?/m1/s1. The zero-order valence-electron chi connectivity index (χ0n) is 16.3. The number of amides is 2. The van der Waals surface area contributed by atoms with Gasteiger partial charge in [0.05, 0.1) is 17.2 Å². The highest BCUT2D eigenvalue weighted by Gasteiger charge is 2.40. The number of aromatic nitrogens is 2. The van der Waals surface area contributed by atoms with Gasteiger partial charge in [0, 0.05) is 18.0 Å². The molecule has 2 heterocycles. The molecule has 6 nitrogen and oxygen atoms in total. The quantitative estimate of drug-likeness (QED) is 0.702. The maximum atomic E-state index is 13.7. The van der Waals surface area contributed by atoms with Crippen LogP contribution in [0.2, 0.25) is 0 Å². The maximum absolute atomic E-state index is 13.7. The summed E-state index contributed by atoms with van der Waals surface area (Å²) in [5.74, 6) is -0.799. The number of nitrogens with two attached hydrogens (primary N) is 1. The molecular weight excluding hydrogens is 384 g/mol. The molecule has 2 N–H and O–H groups in total. The van der Waals surface area contributed by atoms with Crippen LogP contribution in [0.5, 0.6) is 0 Å². The molecule has 0 radical (unpaired) electrons. The summed E-state index contributed by atoms with van der Waals surface area (Å²) in [6.07, 6.45) is 4.83. The molecule has 1 aliphatic carbocycles. The van der Waals surface area contributed by atoms with E-state index < -0.39 is 11.9 Å². The molecule has 1 aromatic carbocycles. The van der Waals surface area contributed by atoms with Crippen LogP contribution in [0.25, 0.3) is 0 Å². The van der Waals surface area contributed by atoms with Crippen molar-refractivity contribution in [2.75, 3.05) is 0 Å². The van der Waals surface area contributed by atoms with Gasteiger partial charge in [-0.1, -0.05) is 29.8 Å². The highest BCUT2D eigenvalue weighted by Crippen LogP contribution is 2.42. The highest BCUT2D eigenvalue weighted by atomic mass is 32.1. The minimum atomic E-state index is -0.908. The Kier molecular flexibility index (Phi) is 5.15. The second-order valence-electron chi connectivity index (χ2n) is 7.33. The fourth-order valence-electron chi connectivity index (χ4n) is 4.05. The van der Waals surface area contributed by atoms with Crippen LogP contribution in [0.1, 0.15) is 56.1 Å². The number of primary amides is 1. The fourth-order valence-corrected chi connectivity index (χ4v) is 4.80. The van der Waals surface area contributed by atoms with E-state index in [4.69, 9.17) is 5.73 Å². The number of nitrogens with zero attached hydrogens (tertiary/aromatic N) is 3. The average molecular weight is 407 g/mol. The largest absolute Gasteiger partial charge is 0.368 e. The number of hydrogen-bond acceptors (Lipinski definition) is 5. The van der Waals surface area contributed by atoms with Crippen LogP contribution in [-0.4, -0.2) is 26.7 Å². The van der Waals surface area contributed by atoms with Gasteiger partial charge in [0.2, 0.25) is 5.91 Å². The highest BCUT2D eigenvalue weighted by molar-refractivity contribution is 7.11. The minimum absolute atomic E-state index is 0.225. The second-order valence-corrected chi connectivity index (χ2v) is 8.18. The van der Waals surface area contributed by atoms with Gasteiger partial charge in [-0.3, -0.25) is 14.6 Å². The van der Waals surface area contributed by atoms with Gasteiger partial charge < -0.3 is 10.6 Å². The molecule has 1 aliphatic rings. The van der Waals surface area contributed by atoms with Crippen LogP contribution in [0.3, 0.4) is 0 Å². The van der Waals surface area contributed by atoms with Crippen molar-refractivity contribution in [2.45, 2.75) is 38.8 Å². The summed E-state index contributed by atoms with van der Waals surface area (Å²) in [7, 11) is 0. The van der Waals surface area contributed by atoms with Crippen LogP contribution in [0.4, 0.5) is 0 Å². The van der Waals surface area contributed by atoms with Crippen molar-refractivity contribution in [3.63, 3.8) is 0 Å². The first-order valence-electron chi connectivity index (χ1n) is 9.48. The summed E-state index contributed by atoms with van der Waals surface area (Å²) < 4.78 is 0. The third-order valence-electron chi connectivity index (χ3n) is 5.41. The molecule has 0 aliphatic heterocycles. The van der Waals surface area contributed by atoms with E-state index in [9.17, 15) is 9.59 Å². The summed E-state index contributed by atoms with van der Waals surface area (Å²) in [5, 5.41) is 0. The summed E-state index contributed by atoms with van der Waals surface area (Å²) in [4.78, 5) is 36.9. The number of benzene rings is 1. The zero-order chi connectivity index (χ0) is 20.5. The molecule has 2 atom stereocenters. The molecule has 0 saturated heterocycles. The minimum Gasteiger partial charge on any atom is -0.368 e. The first kappa shape index (κ1) is 19.3. The molecule has 2 aromatic heterocycles. The van der Waals surface area contributed by atoms with Crippen molar-refractivity contribution in [1.82, 2.24) is 14.9 Å². The molecule has 2 amide bonds. The van der Waals surface area contributed by atoms with Gasteiger partial charge in [0.15, 0.2) is 0 Å². The summed E-state index contributed by atoms with van der Waals surface area (Å²) in [6.45, 7) is 3.83. The molecular formula is C22H22N4O2S. The van der Waals surface area contributed by atoms with Gasteiger partial charge in [-0.25, -0.2) is 4.98 Å². The Morgan fingerprint density at radius 3 is 2.76 bits per heavy atom. The smallest absolute Gasteiger partial charge is 0.267 e. The molecule has 7 heteroatoms. The van der Waals surface area contributed by atoms with Crippen LogP contribution < -0.4 is 5.73 Å². The lowest BCUT2D eigenvalue weighted by molar-refractivity contribution is -0.123. The summed E-state index contributed by atoms with van der Waals surface area (Å²) in [6, 6.07) is 8.68. The lowest BCUT2D eigenvalue weighted by Gasteiger charge is -2.35. The second kappa shape index (κ2) is 7.75. The van der Waals surface area contributed by atoms with Crippen molar-refractivity contribution in [1.29, 1.82) is 0 Å². The molecule has 0 bridgehead atoms. The fraction of sp³-hybridized carbons (Fsp3) is 0.273. The Morgan fingerprint density at radius 1 is 1.28 bits per heavy atom. The third kappa shape index (κ3) is 3.53. The molecule has 29 heavy (non-hydrogen) atoms. The Bertz CT molecular complexity index is 1060. The molecule has 0 saturated carbocycles. The van der Waals surface area contributed by atoms with Gasteiger partial charge in [0.1, 0.15) is 10.9 Å². The zero-order valence-corrected chi connectivity index (χ0v) is 17.1. The molecule has 1 unspecified atom stereocenters.